The van der Waals surface area contributed by atoms with Crippen LogP contribution in [0.2, 0.25) is 0 Å². The summed E-state index contributed by atoms with van der Waals surface area (Å²) in [6.45, 7) is 0. The highest BCUT2D eigenvalue weighted by Crippen LogP contribution is 2.46. The van der Waals surface area contributed by atoms with Crippen LogP contribution in [0.25, 0.3) is 0 Å². The zero-order chi connectivity index (χ0) is 12.8. The van der Waals surface area contributed by atoms with Crippen molar-refractivity contribution in [3.8, 4) is 0 Å². The maximum absolute atomic E-state index is 12.6. The van der Waals surface area contributed by atoms with Crippen LogP contribution in [0.5, 0.6) is 0 Å². The summed E-state index contributed by atoms with van der Waals surface area (Å²) in [6, 6.07) is 5.93. The van der Waals surface area contributed by atoms with Crippen LogP contribution in [0, 0.1) is 11.8 Å². The number of benzene rings is 1. The van der Waals surface area contributed by atoms with Gasteiger partial charge < -0.3 is 5.32 Å². The van der Waals surface area contributed by atoms with Gasteiger partial charge in [-0.25, -0.2) is 0 Å². The van der Waals surface area contributed by atoms with E-state index in [0.717, 1.165) is 6.07 Å². The van der Waals surface area contributed by atoms with Gasteiger partial charge in [0.05, 0.1) is 5.56 Å². The molecule has 1 aromatic rings. The first-order valence-electron chi connectivity index (χ1n) is 6.48. The van der Waals surface area contributed by atoms with Crippen LogP contribution in [0.3, 0.4) is 0 Å². The van der Waals surface area contributed by atoms with E-state index in [1.807, 2.05) is 0 Å². The molecule has 2 saturated carbocycles. The van der Waals surface area contributed by atoms with Gasteiger partial charge in [0.25, 0.3) is 0 Å². The number of alkyl halides is 3. The summed E-state index contributed by atoms with van der Waals surface area (Å²) in [6.07, 6.45) is 0.604. The molecule has 1 N–H and O–H groups in total. The van der Waals surface area contributed by atoms with Gasteiger partial charge in [0.15, 0.2) is 0 Å². The van der Waals surface area contributed by atoms with Gasteiger partial charge in [0.1, 0.15) is 0 Å². The van der Waals surface area contributed by atoms with Crippen molar-refractivity contribution in [2.75, 3.05) is 5.32 Å². The van der Waals surface area contributed by atoms with Gasteiger partial charge in [0.2, 0.25) is 0 Å². The van der Waals surface area contributed by atoms with Gasteiger partial charge in [-0.05, 0) is 55.7 Å². The van der Waals surface area contributed by atoms with Crippen molar-refractivity contribution >= 4 is 5.69 Å². The lowest BCUT2D eigenvalue weighted by Crippen LogP contribution is -2.24. The molecule has 0 bridgehead atoms. The molecule has 0 radical (unpaired) electrons. The quantitative estimate of drug-likeness (QED) is 0.845. The molecule has 3 rings (SSSR count). The van der Waals surface area contributed by atoms with Crippen molar-refractivity contribution < 1.29 is 13.2 Å². The summed E-state index contributed by atoms with van der Waals surface area (Å²) >= 11 is 0. The molecule has 2 fully saturated rings. The molecule has 0 spiro atoms. The molecule has 0 amide bonds. The smallest absolute Gasteiger partial charge is 0.382 e. The molecule has 1 nitrogen and oxygen atoms in total. The van der Waals surface area contributed by atoms with E-state index < -0.39 is 11.7 Å². The monoisotopic (exact) mass is 255 g/mol. The molecule has 2 aliphatic carbocycles. The molecular formula is C14H16F3N. The number of anilines is 1. The Morgan fingerprint density at radius 2 is 1.67 bits per heavy atom. The summed E-state index contributed by atoms with van der Waals surface area (Å²) in [7, 11) is 0. The normalized spacial score (nSPS) is 20.2. The van der Waals surface area contributed by atoms with E-state index in [9.17, 15) is 13.2 Å². The third-order valence-electron chi connectivity index (χ3n) is 3.78. The van der Waals surface area contributed by atoms with Crippen molar-refractivity contribution in [1.29, 1.82) is 0 Å². The third kappa shape index (κ3) is 2.62. The largest absolute Gasteiger partial charge is 0.416 e. The Bertz CT molecular complexity index is 421. The minimum absolute atomic E-state index is 0.383. The fourth-order valence-corrected chi connectivity index (χ4v) is 2.51. The molecule has 0 unspecified atom stereocenters. The SMILES string of the molecule is FC(F)(F)c1cccc(NC(C2CC2)C2CC2)c1. The Balaban J connectivity index is 1.75. The van der Waals surface area contributed by atoms with Gasteiger partial charge in [0, 0.05) is 11.7 Å². The lowest BCUT2D eigenvalue weighted by atomic mass is 10.1. The van der Waals surface area contributed by atoms with Gasteiger partial charge in [-0.1, -0.05) is 6.07 Å². The van der Waals surface area contributed by atoms with Crippen molar-refractivity contribution in [3.05, 3.63) is 29.8 Å². The number of rotatable bonds is 4. The summed E-state index contributed by atoms with van der Waals surface area (Å²) in [5, 5.41) is 3.32. The Morgan fingerprint density at radius 1 is 1.06 bits per heavy atom. The second kappa shape index (κ2) is 4.18. The minimum atomic E-state index is -4.26. The molecule has 98 valence electrons. The van der Waals surface area contributed by atoms with Gasteiger partial charge in [-0.2, -0.15) is 13.2 Å². The molecule has 2 aliphatic rings. The number of hydrogen-bond donors (Lipinski definition) is 1. The first-order chi connectivity index (χ1) is 8.54. The maximum Gasteiger partial charge on any atom is 0.416 e. The van der Waals surface area contributed by atoms with E-state index >= 15 is 0 Å². The van der Waals surface area contributed by atoms with Crippen molar-refractivity contribution in [2.24, 2.45) is 11.8 Å². The maximum atomic E-state index is 12.6. The van der Waals surface area contributed by atoms with Crippen molar-refractivity contribution in [1.82, 2.24) is 0 Å². The predicted molar refractivity (Wildman–Crippen MR) is 64.3 cm³/mol. The molecule has 0 aromatic heterocycles. The second-order valence-electron chi connectivity index (χ2n) is 5.42. The summed E-state index contributed by atoms with van der Waals surface area (Å²) in [4.78, 5) is 0. The van der Waals surface area contributed by atoms with Crippen LogP contribution in [0.15, 0.2) is 24.3 Å². The average Bonchev–Trinajstić information content (AvgIpc) is 3.16. The molecular weight excluding hydrogens is 239 g/mol. The van der Waals surface area contributed by atoms with Gasteiger partial charge in [-0.15, -0.1) is 0 Å². The Labute approximate surface area is 104 Å². The van der Waals surface area contributed by atoms with Crippen LogP contribution in [0.1, 0.15) is 31.2 Å². The first kappa shape index (κ1) is 11.9. The van der Waals surface area contributed by atoms with Gasteiger partial charge >= 0.3 is 6.18 Å². The molecule has 18 heavy (non-hydrogen) atoms. The van der Waals surface area contributed by atoms with Crippen molar-refractivity contribution in [3.63, 3.8) is 0 Å². The molecule has 0 saturated heterocycles. The van der Waals surface area contributed by atoms with Gasteiger partial charge in [-0.3, -0.25) is 0 Å². The van der Waals surface area contributed by atoms with E-state index in [4.69, 9.17) is 0 Å². The molecule has 0 heterocycles. The van der Waals surface area contributed by atoms with E-state index in [1.54, 1.807) is 6.07 Å². The van der Waals surface area contributed by atoms with Crippen LogP contribution in [-0.4, -0.2) is 6.04 Å². The summed E-state index contributed by atoms with van der Waals surface area (Å²) in [5.74, 6) is 1.35. The highest BCUT2D eigenvalue weighted by atomic mass is 19.4. The molecule has 0 aliphatic heterocycles. The summed E-state index contributed by atoms with van der Waals surface area (Å²) < 4.78 is 37.9. The highest BCUT2D eigenvalue weighted by molar-refractivity contribution is 5.48. The van der Waals surface area contributed by atoms with E-state index in [1.165, 1.54) is 37.8 Å². The Kier molecular flexibility index (Phi) is 2.76. The Morgan fingerprint density at radius 3 is 2.17 bits per heavy atom. The van der Waals surface area contributed by atoms with E-state index in [-0.39, 0.29) is 0 Å². The van der Waals surface area contributed by atoms with Crippen LogP contribution in [-0.2, 0) is 6.18 Å². The lowest BCUT2D eigenvalue weighted by molar-refractivity contribution is -0.137. The average molecular weight is 255 g/mol. The summed E-state index contributed by atoms with van der Waals surface area (Å²) in [5.41, 5.74) is 0.0338. The molecule has 0 atom stereocenters. The highest BCUT2D eigenvalue weighted by Gasteiger charge is 2.41. The van der Waals surface area contributed by atoms with Crippen LogP contribution >= 0.6 is 0 Å². The van der Waals surface area contributed by atoms with E-state index in [0.29, 0.717) is 23.6 Å². The fourth-order valence-electron chi connectivity index (χ4n) is 2.51. The number of nitrogens with one attached hydrogen (secondary N) is 1. The van der Waals surface area contributed by atoms with Crippen LogP contribution in [0.4, 0.5) is 18.9 Å². The van der Waals surface area contributed by atoms with Crippen LogP contribution < -0.4 is 5.32 Å². The first-order valence-corrected chi connectivity index (χ1v) is 6.48. The van der Waals surface area contributed by atoms with Crippen molar-refractivity contribution in [2.45, 2.75) is 37.9 Å². The third-order valence-corrected chi connectivity index (χ3v) is 3.78. The molecule has 1 aromatic carbocycles. The number of halogens is 3. The predicted octanol–water partition coefficient (Wildman–Crippen LogP) is 4.31. The minimum Gasteiger partial charge on any atom is -0.382 e. The lowest BCUT2D eigenvalue weighted by Gasteiger charge is -2.20. The topological polar surface area (TPSA) is 12.0 Å². The van der Waals surface area contributed by atoms with E-state index in [2.05, 4.69) is 5.32 Å². The standard InChI is InChI=1S/C14H16F3N/c15-14(16,17)11-2-1-3-12(8-11)18-13(9-4-5-9)10-6-7-10/h1-3,8-10,13,18H,4-7H2. The zero-order valence-electron chi connectivity index (χ0n) is 10.0. The fraction of sp³-hybridized carbons (Fsp3) is 0.571. The molecule has 4 heteroatoms. The Hall–Kier alpha value is -1.19. The second-order valence-corrected chi connectivity index (χ2v) is 5.42. The number of hydrogen-bond acceptors (Lipinski definition) is 1. The zero-order valence-corrected chi connectivity index (χ0v) is 10.0.